The van der Waals surface area contributed by atoms with Crippen LogP contribution in [0.25, 0.3) is 0 Å². The van der Waals surface area contributed by atoms with Crippen LogP contribution < -0.4 is 5.32 Å². The standard InChI is InChI=1S/C8H6ClN5O/c9-6-4-12-5(3-13-6)7(15)14-8-10-1-2-11-8/h1-4H,(H2,10,11,14,15). The maximum absolute atomic E-state index is 11.5. The second-order valence-electron chi connectivity index (χ2n) is 2.62. The highest BCUT2D eigenvalue weighted by molar-refractivity contribution is 6.29. The first-order valence-electron chi connectivity index (χ1n) is 4.04. The fraction of sp³-hybridized carbons (Fsp3) is 0. The molecule has 0 spiro atoms. The van der Waals surface area contributed by atoms with Gasteiger partial charge in [0.05, 0.1) is 12.4 Å². The molecule has 76 valence electrons. The molecule has 1 amide bonds. The number of hydrogen-bond acceptors (Lipinski definition) is 4. The van der Waals surface area contributed by atoms with Crippen molar-refractivity contribution >= 4 is 23.5 Å². The van der Waals surface area contributed by atoms with E-state index < -0.39 is 5.91 Å². The van der Waals surface area contributed by atoms with Crippen molar-refractivity contribution in [2.45, 2.75) is 0 Å². The number of aromatic nitrogens is 4. The smallest absolute Gasteiger partial charge is 0.278 e. The van der Waals surface area contributed by atoms with Gasteiger partial charge in [0.1, 0.15) is 10.8 Å². The van der Waals surface area contributed by atoms with Gasteiger partial charge < -0.3 is 4.98 Å². The van der Waals surface area contributed by atoms with Crippen LogP contribution >= 0.6 is 11.6 Å². The van der Waals surface area contributed by atoms with Crippen molar-refractivity contribution in [1.82, 2.24) is 19.9 Å². The van der Waals surface area contributed by atoms with Crippen LogP contribution in [0.5, 0.6) is 0 Å². The number of amides is 1. The fourth-order valence-electron chi connectivity index (χ4n) is 0.935. The Morgan fingerprint density at radius 2 is 2.20 bits per heavy atom. The quantitative estimate of drug-likeness (QED) is 0.799. The summed E-state index contributed by atoms with van der Waals surface area (Å²) >= 11 is 5.54. The maximum Gasteiger partial charge on any atom is 0.278 e. The second kappa shape index (κ2) is 4.05. The molecule has 6 nitrogen and oxygen atoms in total. The number of H-pyrrole nitrogens is 1. The Morgan fingerprint density at radius 3 is 2.80 bits per heavy atom. The lowest BCUT2D eigenvalue weighted by Crippen LogP contribution is -2.14. The van der Waals surface area contributed by atoms with Gasteiger partial charge in [0.2, 0.25) is 5.95 Å². The Bertz CT molecular complexity index is 452. The highest BCUT2D eigenvalue weighted by Crippen LogP contribution is 2.03. The van der Waals surface area contributed by atoms with Gasteiger partial charge in [0.15, 0.2) is 0 Å². The molecule has 0 aliphatic heterocycles. The summed E-state index contributed by atoms with van der Waals surface area (Å²) in [5, 5.41) is 2.75. The van der Waals surface area contributed by atoms with E-state index >= 15 is 0 Å². The summed E-state index contributed by atoms with van der Waals surface area (Å²) in [5.41, 5.74) is 0.177. The minimum atomic E-state index is -0.394. The van der Waals surface area contributed by atoms with Gasteiger partial charge in [-0.25, -0.2) is 15.0 Å². The zero-order valence-electron chi connectivity index (χ0n) is 7.44. The normalized spacial score (nSPS) is 9.93. The lowest BCUT2D eigenvalue weighted by Gasteiger charge is -1.99. The molecule has 2 aromatic rings. The van der Waals surface area contributed by atoms with E-state index in [4.69, 9.17) is 11.6 Å². The average Bonchev–Trinajstić information content (AvgIpc) is 2.71. The van der Waals surface area contributed by atoms with Crippen molar-refractivity contribution in [2.24, 2.45) is 0 Å². The van der Waals surface area contributed by atoms with Gasteiger partial charge in [0, 0.05) is 12.4 Å². The molecule has 0 radical (unpaired) electrons. The molecular weight excluding hydrogens is 218 g/mol. The van der Waals surface area contributed by atoms with Gasteiger partial charge in [-0.3, -0.25) is 10.1 Å². The summed E-state index contributed by atoms with van der Waals surface area (Å²) in [6.07, 6.45) is 5.73. The van der Waals surface area contributed by atoms with Gasteiger partial charge in [-0.15, -0.1) is 0 Å². The predicted molar refractivity (Wildman–Crippen MR) is 53.6 cm³/mol. The van der Waals surface area contributed by atoms with E-state index in [1.54, 1.807) is 6.20 Å². The number of imidazole rings is 1. The summed E-state index contributed by atoms with van der Waals surface area (Å²) in [6.45, 7) is 0. The van der Waals surface area contributed by atoms with Crippen molar-refractivity contribution in [1.29, 1.82) is 0 Å². The molecule has 0 fully saturated rings. The number of hydrogen-bond donors (Lipinski definition) is 2. The minimum Gasteiger partial charge on any atom is -0.331 e. The van der Waals surface area contributed by atoms with E-state index in [-0.39, 0.29) is 10.8 Å². The summed E-state index contributed by atoms with van der Waals surface area (Å²) in [6, 6.07) is 0. The third kappa shape index (κ3) is 2.29. The molecule has 2 rings (SSSR count). The van der Waals surface area contributed by atoms with E-state index in [1.165, 1.54) is 18.6 Å². The van der Waals surface area contributed by atoms with Crippen molar-refractivity contribution in [3.8, 4) is 0 Å². The van der Waals surface area contributed by atoms with Gasteiger partial charge in [-0.2, -0.15) is 0 Å². The fourth-order valence-corrected chi connectivity index (χ4v) is 1.03. The third-order valence-electron chi connectivity index (χ3n) is 1.58. The molecule has 0 aliphatic rings. The monoisotopic (exact) mass is 223 g/mol. The molecule has 0 aliphatic carbocycles. The van der Waals surface area contributed by atoms with Crippen LogP contribution in [0.2, 0.25) is 5.15 Å². The lowest BCUT2D eigenvalue weighted by atomic mass is 10.4. The van der Waals surface area contributed by atoms with Gasteiger partial charge in [0.25, 0.3) is 5.91 Å². The molecule has 0 bridgehead atoms. The molecule has 0 aromatic carbocycles. The first-order chi connectivity index (χ1) is 7.25. The van der Waals surface area contributed by atoms with Crippen molar-refractivity contribution in [2.75, 3.05) is 5.32 Å². The summed E-state index contributed by atoms with van der Waals surface area (Å²) in [5.74, 6) is -0.0362. The Hall–Kier alpha value is -1.95. The summed E-state index contributed by atoms with van der Waals surface area (Å²) < 4.78 is 0. The van der Waals surface area contributed by atoms with Gasteiger partial charge >= 0.3 is 0 Å². The molecule has 0 saturated heterocycles. The number of carbonyl (C=O) groups is 1. The first kappa shape index (κ1) is 9.60. The van der Waals surface area contributed by atoms with E-state index in [0.717, 1.165) is 0 Å². The van der Waals surface area contributed by atoms with Crippen molar-refractivity contribution in [3.63, 3.8) is 0 Å². The van der Waals surface area contributed by atoms with Crippen LogP contribution in [0.1, 0.15) is 10.5 Å². The number of nitrogens with zero attached hydrogens (tertiary/aromatic N) is 3. The van der Waals surface area contributed by atoms with Crippen LogP contribution in [-0.2, 0) is 0 Å². The van der Waals surface area contributed by atoms with E-state index in [2.05, 4.69) is 25.3 Å². The van der Waals surface area contributed by atoms with Crippen LogP contribution in [0, 0.1) is 0 Å². The predicted octanol–water partition coefficient (Wildman–Crippen LogP) is 1.11. The van der Waals surface area contributed by atoms with Crippen LogP contribution in [0.15, 0.2) is 24.8 Å². The molecular formula is C8H6ClN5O. The second-order valence-corrected chi connectivity index (χ2v) is 3.00. The average molecular weight is 224 g/mol. The van der Waals surface area contributed by atoms with Crippen molar-refractivity contribution < 1.29 is 4.79 Å². The first-order valence-corrected chi connectivity index (χ1v) is 4.42. The number of halogens is 1. The molecule has 15 heavy (non-hydrogen) atoms. The number of rotatable bonds is 2. The number of anilines is 1. The number of aromatic amines is 1. The lowest BCUT2D eigenvalue weighted by molar-refractivity contribution is 0.102. The Morgan fingerprint density at radius 1 is 1.33 bits per heavy atom. The molecule has 2 N–H and O–H groups in total. The zero-order valence-corrected chi connectivity index (χ0v) is 8.19. The topological polar surface area (TPSA) is 83.6 Å². The summed E-state index contributed by atoms with van der Waals surface area (Å²) in [7, 11) is 0. The SMILES string of the molecule is O=C(Nc1ncc[nH]1)c1cnc(Cl)cn1. The van der Waals surface area contributed by atoms with E-state index in [1.807, 2.05) is 0 Å². The highest BCUT2D eigenvalue weighted by Gasteiger charge is 2.08. The maximum atomic E-state index is 11.5. The summed E-state index contributed by atoms with van der Waals surface area (Å²) in [4.78, 5) is 25.6. The molecule has 2 aromatic heterocycles. The van der Waals surface area contributed by atoms with Crippen LogP contribution in [0.4, 0.5) is 5.95 Å². The highest BCUT2D eigenvalue weighted by atomic mass is 35.5. The number of carbonyl (C=O) groups excluding carboxylic acids is 1. The van der Waals surface area contributed by atoms with Crippen LogP contribution in [-0.4, -0.2) is 25.8 Å². The Kier molecular flexibility index (Phi) is 2.59. The molecule has 0 saturated carbocycles. The Balaban J connectivity index is 2.11. The minimum absolute atomic E-state index is 0.177. The molecule has 2 heterocycles. The molecule has 0 unspecified atom stereocenters. The largest absolute Gasteiger partial charge is 0.331 e. The zero-order chi connectivity index (χ0) is 10.7. The van der Waals surface area contributed by atoms with Crippen molar-refractivity contribution in [3.05, 3.63) is 35.6 Å². The van der Waals surface area contributed by atoms with Crippen LogP contribution in [0.3, 0.4) is 0 Å². The molecule has 7 heteroatoms. The van der Waals surface area contributed by atoms with Gasteiger partial charge in [-0.1, -0.05) is 11.6 Å². The molecule has 0 atom stereocenters. The third-order valence-corrected chi connectivity index (χ3v) is 1.78. The van der Waals surface area contributed by atoms with E-state index in [0.29, 0.717) is 5.95 Å². The number of nitrogens with one attached hydrogen (secondary N) is 2. The van der Waals surface area contributed by atoms with E-state index in [9.17, 15) is 4.79 Å². The Labute approximate surface area is 89.7 Å². The van der Waals surface area contributed by atoms with Gasteiger partial charge in [-0.05, 0) is 0 Å².